The van der Waals surface area contributed by atoms with Gasteiger partial charge in [-0.25, -0.2) is 18.4 Å². The Hall–Kier alpha value is -2.04. The molecule has 2 aromatic rings. The van der Waals surface area contributed by atoms with Crippen LogP contribution in [-0.2, 0) is 0 Å². The van der Waals surface area contributed by atoms with Gasteiger partial charge in [0.05, 0.1) is 5.70 Å². The molecule has 0 N–H and O–H groups in total. The molecule has 0 aliphatic carbocycles. The van der Waals surface area contributed by atoms with E-state index < -0.39 is 6.43 Å². The molecule has 0 radical (unpaired) electrons. The molecule has 0 amide bonds. The monoisotopic (exact) mass is 221 g/mol. The van der Waals surface area contributed by atoms with Crippen molar-refractivity contribution in [2.24, 2.45) is 0 Å². The molecule has 82 valence electrons. The molecule has 0 unspecified atom stereocenters. The van der Waals surface area contributed by atoms with Crippen LogP contribution in [0, 0.1) is 0 Å². The molecule has 0 bridgehead atoms. The average molecular weight is 221 g/mol. The zero-order valence-electron chi connectivity index (χ0n) is 8.29. The van der Waals surface area contributed by atoms with Crippen molar-refractivity contribution in [1.29, 1.82) is 0 Å². The van der Waals surface area contributed by atoms with E-state index in [1.165, 1.54) is 17.3 Å². The lowest BCUT2D eigenvalue weighted by atomic mass is 10.1. The highest BCUT2D eigenvalue weighted by atomic mass is 19.3. The van der Waals surface area contributed by atoms with Crippen molar-refractivity contribution in [3.63, 3.8) is 0 Å². The van der Waals surface area contributed by atoms with Crippen LogP contribution < -0.4 is 0 Å². The van der Waals surface area contributed by atoms with E-state index in [1.807, 2.05) is 6.07 Å². The fraction of sp³-hybridized carbons (Fsp3) is 0.0909. The highest BCUT2D eigenvalue weighted by molar-refractivity contribution is 5.65. The molecule has 1 aromatic heterocycles. The van der Waals surface area contributed by atoms with Gasteiger partial charge in [0, 0.05) is 11.6 Å². The normalized spacial score (nSPS) is 12.1. The summed E-state index contributed by atoms with van der Waals surface area (Å²) in [4.78, 5) is 3.74. The Balaban J connectivity index is 2.45. The first kappa shape index (κ1) is 10.5. The van der Waals surface area contributed by atoms with E-state index >= 15 is 0 Å². The molecule has 1 aromatic carbocycles. The largest absolute Gasteiger partial charge is 0.259 e. The number of rotatable bonds is 3. The van der Waals surface area contributed by atoms with Crippen LogP contribution in [0.2, 0.25) is 0 Å². The van der Waals surface area contributed by atoms with Gasteiger partial charge < -0.3 is 0 Å². The van der Waals surface area contributed by atoms with Crippen LogP contribution in [0.3, 0.4) is 0 Å². The van der Waals surface area contributed by atoms with Crippen LogP contribution >= 0.6 is 0 Å². The van der Waals surface area contributed by atoms with Gasteiger partial charge in [0.15, 0.2) is 0 Å². The van der Waals surface area contributed by atoms with Gasteiger partial charge in [-0.2, -0.15) is 5.10 Å². The summed E-state index contributed by atoms with van der Waals surface area (Å²) in [5, 5.41) is 3.85. The molecule has 0 spiro atoms. The highest BCUT2D eigenvalue weighted by Crippen LogP contribution is 2.17. The standard InChI is InChI=1S/C11H9F2N3/c12-11(13)6-10(16-8-14-7-15-16)9-4-2-1-3-5-9/h1-8,11H. The van der Waals surface area contributed by atoms with Crippen LogP contribution in [0.25, 0.3) is 5.70 Å². The molecular weight excluding hydrogens is 212 g/mol. The average Bonchev–Trinajstić information content (AvgIpc) is 2.80. The Bertz CT molecular complexity index is 463. The number of alkyl halides is 2. The van der Waals surface area contributed by atoms with Crippen LogP contribution in [0.5, 0.6) is 0 Å². The first-order chi connectivity index (χ1) is 7.77. The third-order valence-electron chi connectivity index (χ3n) is 2.02. The van der Waals surface area contributed by atoms with Crippen molar-refractivity contribution in [2.75, 3.05) is 0 Å². The molecular formula is C11H9F2N3. The minimum absolute atomic E-state index is 0.327. The van der Waals surface area contributed by atoms with Crippen molar-refractivity contribution >= 4 is 5.70 Å². The molecule has 3 nitrogen and oxygen atoms in total. The number of hydrogen-bond donors (Lipinski definition) is 0. The SMILES string of the molecule is FC(F)C=C(c1ccccc1)n1cncn1. The van der Waals surface area contributed by atoms with Gasteiger partial charge in [-0.1, -0.05) is 30.3 Å². The summed E-state index contributed by atoms with van der Waals surface area (Å²) < 4.78 is 26.2. The predicted molar refractivity (Wildman–Crippen MR) is 55.8 cm³/mol. The molecule has 0 aliphatic rings. The van der Waals surface area contributed by atoms with Crippen LogP contribution in [0.4, 0.5) is 8.78 Å². The topological polar surface area (TPSA) is 30.7 Å². The molecule has 2 rings (SSSR count). The Labute approximate surface area is 91.1 Å². The Kier molecular flexibility index (Phi) is 3.05. The van der Waals surface area contributed by atoms with Crippen LogP contribution in [0.15, 0.2) is 49.1 Å². The summed E-state index contributed by atoms with van der Waals surface area (Å²) in [6.45, 7) is 0. The molecule has 0 fully saturated rings. The fourth-order valence-corrected chi connectivity index (χ4v) is 1.37. The number of halogens is 2. The van der Waals surface area contributed by atoms with Gasteiger partial charge in [-0.3, -0.25) is 0 Å². The van der Waals surface area contributed by atoms with E-state index in [0.717, 1.165) is 6.08 Å². The van der Waals surface area contributed by atoms with E-state index in [0.29, 0.717) is 11.3 Å². The lowest BCUT2D eigenvalue weighted by Crippen LogP contribution is -2.01. The number of allylic oxidation sites excluding steroid dienone is 1. The van der Waals surface area contributed by atoms with Gasteiger partial charge in [-0.05, 0) is 0 Å². The summed E-state index contributed by atoms with van der Waals surface area (Å²) in [5.74, 6) is 0. The zero-order valence-corrected chi connectivity index (χ0v) is 8.29. The number of aromatic nitrogens is 3. The predicted octanol–water partition coefficient (Wildman–Crippen LogP) is 2.43. The smallest absolute Gasteiger partial charge is 0.223 e. The lowest BCUT2D eigenvalue weighted by Gasteiger charge is -2.06. The molecule has 1 heterocycles. The van der Waals surface area contributed by atoms with Crippen molar-refractivity contribution in [3.05, 3.63) is 54.6 Å². The number of nitrogens with zero attached hydrogens (tertiary/aromatic N) is 3. The van der Waals surface area contributed by atoms with Gasteiger partial charge in [-0.15, -0.1) is 0 Å². The maximum absolute atomic E-state index is 12.4. The minimum Gasteiger partial charge on any atom is -0.223 e. The third kappa shape index (κ3) is 2.31. The summed E-state index contributed by atoms with van der Waals surface area (Å²) >= 11 is 0. The Morgan fingerprint density at radius 3 is 2.56 bits per heavy atom. The molecule has 0 atom stereocenters. The maximum Gasteiger partial charge on any atom is 0.259 e. The highest BCUT2D eigenvalue weighted by Gasteiger charge is 2.08. The number of hydrogen-bond acceptors (Lipinski definition) is 2. The number of benzene rings is 1. The molecule has 0 saturated carbocycles. The Morgan fingerprint density at radius 1 is 1.25 bits per heavy atom. The van der Waals surface area contributed by atoms with E-state index in [1.54, 1.807) is 24.3 Å². The van der Waals surface area contributed by atoms with Crippen molar-refractivity contribution in [2.45, 2.75) is 6.43 Å². The molecule has 0 aliphatic heterocycles. The first-order valence-electron chi connectivity index (χ1n) is 4.68. The van der Waals surface area contributed by atoms with Crippen molar-refractivity contribution in [1.82, 2.24) is 14.8 Å². The van der Waals surface area contributed by atoms with Crippen LogP contribution in [-0.4, -0.2) is 21.2 Å². The van der Waals surface area contributed by atoms with Gasteiger partial charge in [0.1, 0.15) is 12.7 Å². The van der Waals surface area contributed by atoms with Crippen molar-refractivity contribution in [3.8, 4) is 0 Å². The fourth-order valence-electron chi connectivity index (χ4n) is 1.37. The summed E-state index contributed by atoms with van der Waals surface area (Å²) in [7, 11) is 0. The summed E-state index contributed by atoms with van der Waals surface area (Å²) in [6, 6.07) is 8.88. The zero-order chi connectivity index (χ0) is 11.4. The Morgan fingerprint density at radius 2 is 2.00 bits per heavy atom. The second-order valence-electron chi connectivity index (χ2n) is 3.09. The second kappa shape index (κ2) is 4.65. The molecule has 0 saturated heterocycles. The summed E-state index contributed by atoms with van der Waals surface area (Å²) in [6.07, 6.45) is 1.02. The van der Waals surface area contributed by atoms with E-state index in [2.05, 4.69) is 10.1 Å². The maximum atomic E-state index is 12.4. The molecule has 5 heteroatoms. The van der Waals surface area contributed by atoms with Gasteiger partial charge in [0.25, 0.3) is 6.43 Å². The quantitative estimate of drug-likeness (QED) is 0.796. The second-order valence-corrected chi connectivity index (χ2v) is 3.09. The van der Waals surface area contributed by atoms with Gasteiger partial charge in [0.2, 0.25) is 0 Å². The first-order valence-corrected chi connectivity index (χ1v) is 4.68. The van der Waals surface area contributed by atoms with Crippen LogP contribution in [0.1, 0.15) is 5.56 Å². The van der Waals surface area contributed by atoms with Gasteiger partial charge >= 0.3 is 0 Å². The van der Waals surface area contributed by atoms with Crippen molar-refractivity contribution < 1.29 is 8.78 Å². The van der Waals surface area contributed by atoms with E-state index in [4.69, 9.17) is 0 Å². The lowest BCUT2D eigenvalue weighted by molar-refractivity contribution is 0.204. The minimum atomic E-state index is -2.53. The molecule has 16 heavy (non-hydrogen) atoms. The van der Waals surface area contributed by atoms with E-state index in [9.17, 15) is 8.78 Å². The van der Waals surface area contributed by atoms with E-state index in [-0.39, 0.29) is 0 Å². The third-order valence-corrected chi connectivity index (χ3v) is 2.02. The summed E-state index contributed by atoms with van der Waals surface area (Å²) in [5.41, 5.74) is 1.00.